The van der Waals surface area contributed by atoms with Crippen molar-refractivity contribution in [2.24, 2.45) is 0 Å². The lowest BCUT2D eigenvalue weighted by Gasteiger charge is -2.02. The van der Waals surface area contributed by atoms with Crippen LogP contribution in [0.15, 0.2) is 60.5 Å². The number of carbonyl (C=O) groups is 2. The smallest absolute Gasteiger partial charge is 0.373 e. The quantitative estimate of drug-likeness (QED) is 0.397. The summed E-state index contributed by atoms with van der Waals surface area (Å²) in [5, 5.41) is 9.47. The number of allylic oxidation sites excluding steroid dienone is 1. The number of aliphatic hydroxyl groups is 1. The van der Waals surface area contributed by atoms with Gasteiger partial charge in [-0.15, -0.1) is 0 Å². The van der Waals surface area contributed by atoms with Crippen LogP contribution in [0.1, 0.15) is 17.3 Å². The summed E-state index contributed by atoms with van der Waals surface area (Å²) in [6.45, 7) is 1.74. The molecule has 0 spiro atoms. The number of aromatic nitrogens is 1. The number of aliphatic hydroxyl groups excluding tert-OH is 1. The second-order valence-corrected chi connectivity index (χ2v) is 4.41. The number of benzene rings is 1. The molecule has 2 aromatic rings. The Labute approximate surface area is 127 Å². The van der Waals surface area contributed by atoms with Crippen LogP contribution in [0.5, 0.6) is 0 Å². The highest BCUT2D eigenvalue weighted by molar-refractivity contribution is 6.08. The minimum Gasteiger partial charge on any atom is -0.502 e. The fraction of sp³-hybridized carbons (Fsp3) is 0.118. The van der Waals surface area contributed by atoms with E-state index in [0.717, 1.165) is 17.3 Å². The first kappa shape index (κ1) is 15.4. The molecule has 1 aromatic heterocycles. The molecule has 0 saturated carbocycles. The van der Waals surface area contributed by atoms with Gasteiger partial charge in [0.25, 0.3) is 0 Å². The second-order valence-electron chi connectivity index (χ2n) is 4.41. The van der Waals surface area contributed by atoms with Gasteiger partial charge < -0.3 is 9.84 Å². The number of ether oxygens (including phenoxy) is 1. The summed E-state index contributed by atoms with van der Waals surface area (Å²) in [6.07, 6.45) is 2.54. The average molecular weight is 297 g/mol. The Morgan fingerprint density at radius 1 is 1.18 bits per heavy atom. The van der Waals surface area contributed by atoms with E-state index in [4.69, 9.17) is 0 Å². The fourth-order valence-electron chi connectivity index (χ4n) is 1.81. The monoisotopic (exact) mass is 297 g/mol. The highest BCUT2D eigenvalue weighted by Gasteiger charge is 2.12. The normalized spacial score (nSPS) is 11.0. The van der Waals surface area contributed by atoms with Crippen molar-refractivity contribution < 1.29 is 19.4 Å². The molecule has 5 nitrogen and oxygen atoms in total. The zero-order chi connectivity index (χ0) is 15.9. The summed E-state index contributed by atoms with van der Waals surface area (Å²) >= 11 is 0. The van der Waals surface area contributed by atoms with E-state index in [9.17, 15) is 14.7 Å². The summed E-state index contributed by atoms with van der Waals surface area (Å²) in [5.74, 6) is -2.10. The Balaban J connectivity index is 2.15. The molecule has 0 aliphatic heterocycles. The third kappa shape index (κ3) is 3.79. The molecule has 1 N–H and O–H groups in total. The van der Waals surface area contributed by atoms with Crippen LogP contribution in [0.2, 0.25) is 0 Å². The Kier molecular flexibility index (Phi) is 5.03. The molecule has 0 radical (unpaired) electrons. The predicted molar refractivity (Wildman–Crippen MR) is 81.3 cm³/mol. The number of nitrogens with zero attached hydrogens (tertiary/aromatic N) is 1. The van der Waals surface area contributed by atoms with Gasteiger partial charge in [0, 0.05) is 23.4 Å². The van der Waals surface area contributed by atoms with Crippen LogP contribution in [0, 0.1) is 0 Å². The number of rotatable bonds is 5. The molecule has 0 bridgehead atoms. The molecular weight excluding hydrogens is 282 g/mol. The number of hydrogen-bond acceptors (Lipinski definition) is 5. The van der Waals surface area contributed by atoms with Crippen molar-refractivity contribution in [1.29, 1.82) is 0 Å². The molecule has 1 heterocycles. The molecule has 22 heavy (non-hydrogen) atoms. The van der Waals surface area contributed by atoms with E-state index in [1.165, 1.54) is 0 Å². The van der Waals surface area contributed by atoms with Crippen molar-refractivity contribution in [3.05, 3.63) is 66.1 Å². The van der Waals surface area contributed by atoms with E-state index in [0.29, 0.717) is 5.56 Å². The van der Waals surface area contributed by atoms with Crippen LogP contribution >= 0.6 is 0 Å². The topological polar surface area (TPSA) is 76.5 Å². The van der Waals surface area contributed by atoms with E-state index >= 15 is 0 Å². The van der Waals surface area contributed by atoms with Gasteiger partial charge in [-0.25, -0.2) is 4.79 Å². The maximum Gasteiger partial charge on any atom is 0.373 e. The SMILES string of the molecule is CCOC(=O)/C(O)=C/C(=O)c1ccc(-c2ccccn2)cc1. The molecular formula is C17H15NO4. The van der Waals surface area contributed by atoms with Gasteiger partial charge in [0.05, 0.1) is 12.3 Å². The fourth-order valence-corrected chi connectivity index (χ4v) is 1.81. The van der Waals surface area contributed by atoms with Crippen molar-refractivity contribution in [2.75, 3.05) is 6.61 Å². The largest absolute Gasteiger partial charge is 0.502 e. The zero-order valence-corrected chi connectivity index (χ0v) is 12.0. The molecule has 0 saturated heterocycles. The molecule has 0 atom stereocenters. The molecule has 1 aromatic carbocycles. The van der Waals surface area contributed by atoms with Crippen LogP contribution < -0.4 is 0 Å². The molecule has 0 aliphatic rings. The summed E-state index contributed by atoms with van der Waals surface area (Å²) in [7, 11) is 0. The van der Waals surface area contributed by atoms with Gasteiger partial charge in [-0.3, -0.25) is 9.78 Å². The number of ketones is 1. The maximum absolute atomic E-state index is 12.0. The van der Waals surface area contributed by atoms with Crippen LogP contribution in [-0.2, 0) is 9.53 Å². The highest BCUT2D eigenvalue weighted by Crippen LogP contribution is 2.17. The Hall–Kier alpha value is -2.95. The van der Waals surface area contributed by atoms with Crippen molar-refractivity contribution in [3.63, 3.8) is 0 Å². The van der Waals surface area contributed by atoms with Gasteiger partial charge in [-0.1, -0.05) is 30.3 Å². The van der Waals surface area contributed by atoms with E-state index in [2.05, 4.69) is 9.72 Å². The lowest BCUT2D eigenvalue weighted by Crippen LogP contribution is -2.09. The van der Waals surface area contributed by atoms with Crippen LogP contribution in [-0.4, -0.2) is 28.4 Å². The first-order valence-corrected chi connectivity index (χ1v) is 6.75. The van der Waals surface area contributed by atoms with E-state index in [-0.39, 0.29) is 6.61 Å². The minimum atomic E-state index is -0.916. The number of esters is 1. The standard InChI is InChI=1S/C17H15NO4/c1-2-22-17(21)16(20)11-15(19)13-8-6-12(7-9-13)14-5-3-4-10-18-14/h3-11,20H,2H2,1H3/b16-11-. The zero-order valence-electron chi connectivity index (χ0n) is 12.0. The predicted octanol–water partition coefficient (Wildman–Crippen LogP) is 2.94. The Morgan fingerprint density at radius 2 is 1.91 bits per heavy atom. The first-order chi connectivity index (χ1) is 10.6. The van der Waals surface area contributed by atoms with Gasteiger partial charge in [-0.2, -0.15) is 0 Å². The molecule has 2 rings (SSSR count). The Morgan fingerprint density at radius 3 is 2.50 bits per heavy atom. The third-order valence-electron chi connectivity index (χ3n) is 2.88. The van der Waals surface area contributed by atoms with Gasteiger partial charge in [0.2, 0.25) is 5.76 Å². The van der Waals surface area contributed by atoms with E-state index < -0.39 is 17.5 Å². The lowest BCUT2D eigenvalue weighted by atomic mass is 10.1. The van der Waals surface area contributed by atoms with Crippen molar-refractivity contribution in [1.82, 2.24) is 4.98 Å². The van der Waals surface area contributed by atoms with Crippen LogP contribution in [0.25, 0.3) is 11.3 Å². The van der Waals surface area contributed by atoms with Crippen LogP contribution in [0.3, 0.4) is 0 Å². The molecule has 5 heteroatoms. The van der Waals surface area contributed by atoms with Crippen molar-refractivity contribution in [2.45, 2.75) is 6.92 Å². The number of pyridine rings is 1. The minimum absolute atomic E-state index is 0.129. The summed E-state index contributed by atoms with van der Waals surface area (Å²) in [6, 6.07) is 12.3. The summed E-state index contributed by atoms with van der Waals surface area (Å²) < 4.78 is 4.60. The lowest BCUT2D eigenvalue weighted by molar-refractivity contribution is -0.141. The number of hydrogen-bond donors (Lipinski definition) is 1. The van der Waals surface area contributed by atoms with Crippen molar-refractivity contribution >= 4 is 11.8 Å². The molecule has 0 amide bonds. The van der Waals surface area contributed by atoms with Crippen molar-refractivity contribution in [3.8, 4) is 11.3 Å². The number of carbonyl (C=O) groups excluding carboxylic acids is 2. The maximum atomic E-state index is 12.0. The second kappa shape index (κ2) is 7.17. The summed E-state index contributed by atoms with van der Waals surface area (Å²) in [4.78, 5) is 27.4. The Bertz CT molecular complexity index is 690. The molecule has 0 fully saturated rings. The third-order valence-corrected chi connectivity index (χ3v) is 2.88. The molecule has 0 unspecified atom stereocenters. The summed E-state index contributed by atoms with van der Waals surface area (Å²) in [5.41, 5.74) is 2.03. The van der Waals surface area contributed by atoms with E-state index in [1.54, 1.807) is 37.4 Å². The van der Waals surface area contributed by atoms with Crippen LogP contribution in [0.4, 0.5) is 0 Å². The highest BCUT2D eigenvalue weighted by atomic mass is 16.5. The average Bonchev–Trinajstić information content (AvgIpc) is 2.56. The van der Waals surface area contributed by atoms with Gasteiger partial charge in [-0.05, 0) is 19.1 Å². The van der Waals surface area contributed by atoms with Gasteiger partial charge in [0.15, 0.2) is 5.78 Å². The van der Waals surface area contributed by atoms with Gasteiger partial charge >= 0.3 is 5.97 Å². The van der Waals surface area contributed by atoms with E-state index in [1.807, 2.05) is 18.2 Å². The van der Waals surface area contributed by atoms with Gasteiger partial charge in [0.1, 0.15) is 0 Å². The molecule has 112 valence electrons. The molecule has 0 aliphatic carbocycles. The first-order valence-electron chi connectivity index (χ1n) is 6.75.